The zero-order valence-corrected chi connectivity index (χ0v) is 12.4. The van der Waals surface area contributed by atoms with Crippen molar-refractivity contribution >= 4 is 23.5 Å². The second-order valence-electron chi connectivity index (χ2n) is 4.33. The van der Waals surface area contributed by atoms with Crippen LogP contribution in [0.5, 0.6) is 0 Å². The Balaban J connectivity index is 2.16. The number of hydrogen-bond donors (Lipinski definition) is 1. The summed E-state index contributed by atoms with van der Waals surface area (Å²) in [7, 11) is 4.03. The lowest BCUT2D eigenvalue weighted by atomic mass is 10.1. The van der Waals surface area contributed by atoms with Crippen LogP contribution >= 0.6 is 23.5 Å². The maximum atomic E-state index is 4.56. The molecule has 3 unspecified atom stereocenters. The first-order valence-corrected chi connectivity index (χ1v) is 8.26. The van der Waals surface area contributed by atoms with Crippen LogP contribution in [0.2, 0.25) is 0 Å². The molecule has 3 nitrogen and oxygen atoms in total. The van der Waals surface area contributed by atoms with E-state index in [0.29, 0.717) is 11.3 Å². The summed E-state index contributed by atoms with van der Waals surface area (Å²) < 4.78 is 1.89. The Labute approximate surface area is 112 Å². The number of aryl methyl sites for hydroxylation is 1. The van der Waals surface area contributed by atoms with E-state index >= 15 is 0 Å². The number of rotatable bonds is 4. The first-order chi connectivity index (χ1) is 8.26. The van der Waals surface area contributed by atoms with Crippen molar-refractivity contribution in [2.75, 3.05) is 18.6 Å². The molecule has 1 aliphatic rings. The zero-order valence-electron chi connectivity index (χ0n) is 10.7. The number of nitrogens with one attached hydrogen (secondary N) is 1. The molecule has 0 bridgehead atoms. The third-order valence-corrected chi connectivity index (χ3v) is 6.54. The van der Waals surface area contributed by atoms with Crippen LogP contribution in [0.4, 0.5) is 0 Å². The molecule has 1 aromatic rings. The van der Waals surface area contributed by atoms with Crippen molar-refractivity contribution in [1.82, 2.24) is 15.1 Å². The average Bonchev–Trinajstić information content (AvgIpc) is 2.77. The molecule has 1 N–H and O–H groups in total. The molecular formula is C12H21N3S2. The highest BCUT2D eigenvalue weighted by atomic mass is 32.2. The second kappa shape index (κ2) is 6.16. The number of nitrogens with zero attached hydrogens (tertiary/aromatic N) is 2. The topological polar surface area (TPSA) is 29.9 Å². The van der Waals surface area contributed by atoms with Crippen LogP contribution in [-0.4, -0.2) is 38.8 Å². The number of thioether (sulfide) groups is 2. The van der Waals surface area contributed by atoms with Crippen molar-refractivity contribution in [1.29, 1.82) is 0 Å². The summed E-state index contributed by atoms with van der Waals surface area (Å²) >= 11 is 4.22. The maximum Gasteiger partial charge on any atom is 0.0805 e. The fourth-order valence-electron chi connectivity index (χ4n) is 2.33. The smallest absolute Gasteiger partial charge is 0.0805 e. The van der Waals surface area contributed by atoms with Crippen LogP contribution in [0.1, 0.15) is 25.1 Å². The monoisotopic (exact) mass is 271 g/mol. The van der Waals surface area contributed by atoms with Crippen molar-refractivity contribution < 1.29 is 0 Å². The highest BCUT2D eigenvalue weighted by molar-refractivity contribution is 8.07. The summed E-state index contributed by atoms with van der Waals surface area (Å²) in [5.74, 6) is 2.55. The molecule has 5 heteroatoms. The van der Waals surface area contributed by atoms with E-state index < -0.39 is 0 Å². The van der Waals surface area contributed by atoms with Gasteiger partial charge < -0.3 is 5.32 Å². The molecule has 1 aliphatic heterocycles. The summed E-state index contributed by atoms with van der Waals surface area (Å²) in [5, 5.41) is 9.39. The lowest BCUT2D eigenvalue weighted by molar-refractivity contribution is 0.523. The van der Waals surface area contributed by atoms with Gasteiger partial charge in [-0.3, -0.25) is 4.68 Å². The van der Waals surface area contributed by atoms with E-state index in [-0.39, 0.29) is 0 Å². The van der Waals surface area contributed by atoms with Crippen molar-refractivity contribution in [3.8, 4) is 0 Å². The molecule has 0 aliphatic carbocycles. The van der Waals surface area contributed by atoms with Gasteiger partial charge >= 0.3 is 0 Å². The van der Waals surface area contributed by atoms with Crippen LogP contribution in [-0.2, 0) is 7.05 Å². The molecule has 2 heterocycles. The Kier molecular flexibility index (Phi) is 4.82. The van der Waals surface area contributed by atoms with Gasteiger partial charge in [-0.05, 0) is 19.5 Å². The van der Waals surface area contributed by atoms with Crippen LogP contribution in [0.15, 0.2) is 12.3 Å². The molecule has 0 saturated carbocycles. The predicted octanol–water partition coefficient (Wildman–Crippen LogP) is 2.31. The molecule has 1 fully saturated rings. The Hall–Kier alpha value is -0.130. The first kappa shape index (κ1) is 13.3. The fourth-order valence-corrected chi connectivity index (χ4v) is 5.60. The first-order valence-electron chi connectivity index (χ1n) is 6.16. The normalized spacial score (nSPS) is 27.0. The van der Waals surface area contributed by atoms with Crippen molar-refractivity contribution in [2.24, 2.45) is 7.05 Å². The molecule has 1 aromatic heterocycles. The third-order valence-electron chi connectivity index (χ3n) is 3.19. The average molecular weight is 271 g/mol. The predicted molar refractivity (Wildman–Crippen MR) is 77.8 cm³/mol. The number of hydrogen-bond acceptors (Lipinski definition) is 4. The molecule has 0 radical (unpaired) electrons. The second-order valence-corrected chi connectivity index (χ2v) is 6.97. The molecule has 17 heavy (non-hydrogen) atoms. The minimum Gasteiger partial charge on any atom is -0.311 e. The van der Waals surface area contributed by atoms with Crippen LogP contribution in [0.3, 0.4) is 0 Å². The van der Waals surface area contributed by atoms with Crippen molar-refractivity contribution in [2.45, 2.75) is 29.9 Å². The maximum absolute atomic E-state index is 4.56. The largest absolute Gasteiger partial charge is 0.311 e. The minimum atomic E-state index is 0.374. The van der Waals surface area contributed by atoms with E-state index in [0.717, 1.165) is 5.25 Å². The summed E-state index contributed by atoms with van der Waals surface area (Å²) in [6, 6.07) is 2.51. The summed E-state index contributed by atoms with van der Waals surface area (Å²) in [4.78, 5) is 0. The molecule has 0 spiro atoms. The SMILES string of the molecule is CCC1SCCSC1C(NC)c1ccn(C)n1. The Morgan fingerprint density at radius 2 is 2.29 bits per heavy atom. The molecule has 96 valence electrons. The van der Waals surface area contributed by atoms with Crippen LogP contribution in [0.25, 0.3) is 0 Å². The van der Waals surface area contributed by atoms with Gasteiger partial charge in [0.25, 0.3) is 0 Å². The van der Waals surface area contributed by atoms with Gasteiger partial charge in [0.05, 0.1) is 11.7 Å². The third kappa shape index (κ3) is 3.01. The summed E-state index contributed by atoms with van der Waals surface area (Å²) in [6.07, 6.45) is 3.27. The molecule has 3 atom stereocenters. The van der Waals surface area contributed by atoms with Crippen LogP contribution < -0.4 is 5.32 Å². The fraction of sp³-hybridized carbons (Fsp3) is 0.750. The van der Waals surface area contributed by atoms with Gasteiger partial charge in [-0.15, -0.1) is 0 Å². The van der Waals surface area contributed by atoms with E-state index in [9.17, 15) is 0 Å². The lowest BCUT2D eigenvalue weighted by Gasteiger charge is -2.35. The standard InChI is InChI=1S/C12H21N3S2/c1-4-10-12(17-8-7-16-10)11(13-2)9-5-6-15(3)14-9/h5-6,10-13H,4,7-8H2,1-3H3. The summed E-state index contributed by atoms with van der Waals surface area (Å²) in [5.41, 5.74) is 1.17. The van der Waals surface area contributed by atoms with E-state index in [1.54, 1.807) is 0 Å². The Bertz CT molecular complexity index is 353. The molecule has 1 saturated heterocycles. The van der Waals surface area contributed by atoms with Gasteiger partial charge in [0.1, 0.15) is 0 Å². The highest BCUT2D eigenvalue weighted by Gasteiger charge is 2.33. The lowest BCUT2D eigenvalue weighted by Crippen LogP contribution is -2.37. The van der Waals surface area contributed by atoms with Crippen LogP contribution in [0, 0.1) is 0 Å². The van der Waals surface area contributed by atoms with Gasteiger partial charge in [0.15, 0.2) is 0 Å². The Morgan fingerprint density at radius 1 is 1.53 bits per heavy atom. The van der Waals surface area contributed by atoms with E-state index in [4.69, 9.17) is 0 Å². The van der Waals surface area contributed by atoms with Crippen molar-refractivity contribution in [3.05, 3.63) is 18.0 Å². The van der Waals surface area contributed by atoms with Gasteiger partial charge in [-0.2, -0.15) is 28.6 Å². The van der Waals surface area contributed by atoms with E-state index in [1.807, 2.05) is 25.0 Å². The summed E-state index contributed by atoms with van der Waals surface area (Å²) in [6.45, 7) is 2.29. The number of aromatic nitrogens is 2. The van der Waals surface area contributed by atoms with Gasteiger partial charge in [-0.1, -0.05) is 6.92 Å². The van der Waals surface area contributed by atoms with Gasteiger partial charge in [-0.25, -0.2) is 0 Å². The quantitative estimate of drug-likeness (QED) is 0.910. The Morgan fingerprint density at radius 3 is 2.88 bits per heavy atom. The zero-order chi connectivity index (χ0) is 12.3. The van der Waals surface area contributed by atoms with Gasteiger partial charge in [0, 0.05) is 35.3 Å². The highest BCUT2D eigenvalue weighted by Crippen LogP contribution is 2.39. The van der Waals surface area contributed by atoms with E-state index in [1.165, 1.54) is 23.6 Å². The molecular weight excluding hydrogens is 250 g/mol. The van der Waals surface area contributed by atoms with E-state index in [2.05, 4.69) is 46.9 Å². The van der Waals surface area contributed by atoms with Gasteiger partial charge in [0.2, 0.25) is 0 Å². The minimum absolute atomic E-state index is 0.374. The molecule has 2 rings (SSSR count). The molecule has 0 aromatic carbocycles. The van der Waals surface area contributed by atoms with Crippen molar-refractivity contribution in [3.63, 3.8) is 0 Å². The molecule has 0 amide bonds.